The van der Waals surface area contributed by atoms with E-state index in [4.69, 9.17) is 14.0 Å². The molecular weight excluding hydrogens is 433 g/mol. The number of ether oxygens (including phenoxy) is 2. The van der Waals surface area contributed by atoms with E-state index in [1.807, 2.05) is 0 Å². The molecular formula is C22H20FN5O5. The monoisotopic (exact) mass is 453 g/mol. The van der Waals surface area contributed by atoms with Crippen LogP contribution in [0.5, 0.6) is 11.5 Å². The molecule has 2 aromatic heterocycles. The maximum absolute atomic E-state index is 13.3. The van der Waals surface area contributed by atoms with Crippen molar-refractivity contribution in [2.24, 2.45) is 0 Å². The van der Waals surface area contributed by atoms with Crippen molar-refractivity contribution in [3.05, 3.63) is 70.6 Å². The molecule has 4 aromatic rings. The standard InChI is InChI=1S/C22H20FN5O5/c1-13-10-19(28(25-13)16-7-5-15(23)6-8-16)24-20(29)12-27-21(26-33-22(27)30)14-4-9-17(31-2)18(11-14)32-3/h4-11H,12H2,1-3H3,(H,24,29). The number of halogens is 1. The zero-order valence-corrected chi connectivity index (χ0v) is 18.0. The fourth-order valence-electron chi connectivity index (χ4n) is 3.28. The Labute approximate surface area is 187 Å². The van der Waals surface area contributed by atoms with Crippen LogP contribution in [-0.4, -0.2) is 39.6 Å². The van der Waals surface area contributed by atoms with Gasteiger partial charge in [0.1, 0.15) is 18.2 Å². The van der Waals surface area contributed by atoms with Gasteiger partial charge in [0.2, 0.25) is 5.91 Å². The zero-order valence-electron chi connectivity index (χ0n) is 18.0. The molecule has 0 atom stereocenters. The van der Waals surface area contributed by atoms with Crippen LogP contribution < -0.4 is 20.5 Å². The second-order valence-corrected chi connectivity index (χ2v) is 7.04. The van der Waals surface area contributed by atoms with E-state index in [9.17, 15) is 14.0 Å². The first kappa shape index (κ1) is 21.8. The summed E-state index contributed by atoms with van der Waals surface area (Å²) in [6.07, 6.45) is 0. The van der Waals surface area contributed by atoms with Gasteiger partial charge in [-0.15, -0.1) is 0 Å². The number of aromatic nitrogens is 4. The Balaban J connectivity index is 1.60. The van der Waals surface area contributed by atoms with Gasteiger partial charge < -0.3 is 14.8 Å². The van der Waals surface area contributed by atoms with Crippen LogP contribution in [0.3, 0.4) is 0 Å². The number of benzene rings is 2. The smallest absolute Gasteiger partial charge is 0.442 e. The first-order valence-corrected chi connectivity index (χ1v) is 9.81. The Hall–Kier alpha value is -4.41. The molecule has 0 unspecified atom stereocenters. The highest BCUT2D eigenvalue weighted by molar-refractivity contribution is 5.90. The van der Waals surface area contributed by atoms with Crippen molar-refractivity contribution in [3.63, 3.8) is 0 Å². The number of hydrogen-bond donors (Lipinski definition) is 1. The zero-order chi connectivity index (χ0) is 23.5. The lowest BCUT2D eigenvalue weighted by Crippen LogP contribution is -2.26. The van der Waals surface area contributed by atoms with Crippen LogP contribution in [0.15, 0.2) is 57.8 Å². The lowest BCUT2D eigenvalue weighted by atomic mass is 10.2. The molecule has 1 N–H and O–H groups in total. The number of nitrogens with one attached hydrogen (secondary N) is 1. The van der Waals surface area contributed by atoms with E-state index in [1.54, 1.807) is 31.2 Å². The van der Waals surface area contributed by atoms with Crippen molar-refractivity contribution in [2.45, 2.75) is 13.5 Å². The summed E-state index contributed by atoms with van der Waals surface area (Å²) in [6.45, 7) is 1.40. The summed E-state index contributed by atoms with van der Waals surface area (Å²) in [5.41, 5.74) is 1.70. The van der Waals surface area contributed by atoms with Gasteiger partial charge in [0.15, 0.2) is 17.3 Å². The van der Waals surface area contributed by atoms with Crippen LogP contribution in [0.25, 0.3) is 17.1 Å². The Morgan fingerprint density at radius 3 is 2.52 bits per heavy atom. The van der Waals surface area contributed by atoms with E-state index in [-0.39, 0.29) is 18.2 Å². The number of hydrogen-bond acceptors (Lipinski definition) is 7. The highest BCUT2D eigenvalue weighted by Crippen LogP contribution is 2.31. The van der Waals surface area contributed by atoms with Crippen LogP contribution >= 0.6 is 0 Å². The fraction of sp³-hybridized carbons (Fsp3) is 0.182. The normalized spacial score (nSPS) is 10.8. The van der Waals surface area contributed by atoms with Gasteiger partial charge in [-0.1, -0.05) is 5.16 Å². The van der Waals surface area contributed by atoms with E-state index in [0.29, 0.717) is 34.3 Å². The van der Waals surface area contributed by atoms with Gasteiger partial charge >= 0.3 is 5.76 Å². The maximum atomic E-state index is 13.3. The third-order valence-electron chi connectivity index (χ3n) is 4.80. The molecule has 11 heteroatoms. The van der Waals surface area contributed by atoms with Gasteiger partial charge in [0, 0.05) is 11.6 Å². The maximum Gasteiger partial charge on any atom is 0.442 e. The fourth-order valence-corrected chi connectivity index (χ4v) is 3.28. The Kier molecular flexibility index (Phi) is 5.94. The number of amides is 1. The van der Waals surface area contributed by atoms with E-state index in [1.165, 1.54) is 43.2 Å². The quantitative estimate of drug-likeness (QED) is 0.458. The number of aryl methyl sites for hydroxylation is 1. The van der Waals surface area contributed by atoms with Gasteiger partial charge in [-0.3, -0.25) is 9.32 Å². The molecule has 0 saturated heterocycles. The number of carbonyl (C=O) groups is 1. The minimum Gasteiger partial charge on any atom is -0.493 e. The second-order valence-electron chi connectivity index (χ2n) is 7.04. The lowest BCUT2D eigenvalue weighted by Gasteiger charge is -2.11. The van der Waals surface area contributed by atoms with Gasteiger partial charge in [-0.25, -0.2) is 18.4 Å². The first-order chi connectivity index (χ1) is 15.9. The van der Waals surface area contributed by atoms with Crippen LogP contribution in [0.4, 0.5) is 10.2 Å². The third kappa shape index (κ3) is 4.47. The molecule has 33 heavy (non-hydrogen) atoms. The Morgan fingerprint density at radius 1 is 1.09 bits per heavy atom. The second kappa shape index (κ2) is 8.99. The molecule has 0 radical (unpaired) electrons. The van der Waals surface area contributed by atoms with E-state index in [2.05, 4.69) is 15.6 Å². The van der Waals surface area contributed by atoms with Crippen molar-refractivity contribution in [1.29, 1.82) is 0 Å². The molecule has 0 aliphatic rings. The Bertz CT molecular complexity index is 1360. The first-order valence-electron chi connectivity index (χ1n) is 9.81. The van der Waals surface area contributed by atoms with E-state index < -0.39 is 11.7 Å². The number of carbonyl (C=O) groups excluding carboxylic acids is 1. The minimum absolute atomic E-state index is 0.152. The van der Waals surface area contributed by atoms with Crippen molar-refractivity contribution >= 4 is 11.7 Å². The molecule has 0 aliphatic carbocycles. The average Bonchev–Trinajstić information content (AvgIpc) is 3.35. The minimum atomic E-state index is -0.793. The summed E-state index contributed by atoms with van der Waals surface area (Å²) in [5, 5.41) is 10.9. The van der Waals surface area contributed by atoms with Gasteiger partial charge in [0.05, 0.1) is 25.6 Å². The van der Waals surface area contributed by atoms with Gasteiger partial charge in [0.25, 0.3) is 0 Å². The summed E-state index contributed by atoms with van der Waals surface area (Å²) < 4.78 is 31.1. The molecule has 2 aromatic carbocycles. The molecule has 0 bridgehead atoms. The van der Waals surface area contributed by atoms with E-state index >= 15 is 0 Å². The molecule has 4 rings (SSSR count). The lowest BCUT2D eigenvalue weighted by molar-refractivity contribution is -0.116. The molecule has 0 saturated carbocycles. The van der Waals surface area contributed by atoms with Gasteiger partial charge in [-0.05, 0) is 49.4 Å². The average molecular weight is 453 g/mol. The highest BCUT2D eigenvalue weighted by atomic mass is 19.1. The molecule has 170 valence electrons. The number of methoxy groups -OCH3 is 2. The molecule has 2 heterocycles. The molecule has 0 fully saturated rings. The SMILES string of the molecule is COc1ccc(-c2noc(=O)n2CC(=O)Nc2cc(C)nn2-c2ccc(F)cc2)cc1OC. The summed E-state index contributed by atoms with van der Waals surface area (Å²) in [4.78, 5) is 25.0. The largest absolute Gasteiger partial charge is 0.493 e. The van der Waals surface area contributed by atoms with E-state index in [0.717, 1.165) is 4.57 Å². The topological polar surface area (TPSA) is 113 Å². The Morgan fingerprint density at radius 2 is 1.82 bits per heavy atom. The van der Waals surface area contributed by atoms with Crippen LogP contribution in [0.2, 0.25) is 0 Å². The van der Waals surface area contributed by atoms with Crippen LogP contribution in [-0.2, 0) is 11.3 Å². The number of rotatable bonds is 7. The molecule has 0 aliphatic heterocycles. The highest BCUT2D eigenvalue weighted by Gasteiger charge is 2.19. The molecule has 0 spiro atoms. The summed E-state index contributed by atoms with van der Waals surface area (Å²) >= 11 is 0. The van der Waals surface area contributed by atoms with Gasteiger partial charge in [-0.2, -0.15) is 5.10 Å². The van der Waals surface area contributed by atoms with Crippen molar-refractivity contribution in [2.75, 3.05) is 19.5 Å². The van der Waals surface area contributed by atoms with Crippen molar-refractivity contribution < 1.29 is 23.2 Å². The van der Waals surface area contributed by atoms with Crippen LogP contribution in [0.1, 0.15) is 5.69 Å². The van der Waals surface area contributed by atoms with Crippen LogP contribution in [0, 0.1) is 12.7 Å². The predicted molar refractivity (Wildman–Crippen MR) is 116 cm³/mol. The summed E-state index contributed by atoms with van der Waals surface area (Å²) in [6, 6.07) is 12.3. The molecule has 1 amide bonds. The summed E-state index contributed by atoms with van der Waals surface area (Å²) in [5.74, 6) is -0.243. The van der Waals surface area contributed by atoms with Crippen molar-refractivity contribution in [1.82, 2.24) is 19.5 Å². The van der Waals surface area contributed by atoms with Crippen molar-refractivity contribution in [3.8, 4) is 28.6 Å². The number of anilines is 1. The molecule has 10 nitrogen and oxygen atoms in total. The number of nitrogens with zero attached hydrogens (tertiary/aromatic N) is 4. The predicted octanol–water partition coefficient (Wildman–Crippen LogP) is 2.79. The third-order valence-corrected chi connectivity index (χ3v) is 4.80. The summed E-state index contributed by atoms with van der Waals surface area (Å²) in [7, 11) is 2.99.